The molecule has 94 valence electrons. The van der Waals surface area contributed by atoms with Gasteiger partial charge in [-0.2, -0.15) is 0 Å². The van der Waals surface area contributed by atoms with Crippen molar-refractivity contribution < 1.29 is 0 Å². The number of allylic oxidation sites excluding steroid dienone is 1. The Morgan fingerprint density at radius 3 is 1.88 bits per heavy atom. The zero-order valence-corrected chi connectivity index (χ0v) is 16.0. The molecule has 0 radical (unpaired) electrons. The second-order valence-corrected chi connectivity index (χ2v) is 27.3. The third-order valence-corrected chi connectivity index (χ3v) is 13.2. The van der Waals surface area contributed by atoms with Gasteiger partial charge in [0.15, 0.2) is 0 Å². The molecule has 0 saturated carbocycles. The van der Waals surface area contributed by atoms with Crippen molar-refractivity contribution in [2.24, 2.45) is 0 Å². The van der Waals surface area contributed by atoms with Gasteiger partial charge in [-0.1, -0.05) is 0 Å². The van der Waals surface area contributed by atoms with Gasteiger partial charge in [-0.3, -0.25) is 0 Å². The van der Waals surface area contributed by atoms with Gasteiger partial charge >= 0.3 is 113 Å². The normalized spacial score (nSPS) is 14.5. The molecule has 0 saturated heterocycles. The Labute approximate surface area is 112 Å². The van der Waals surface area contributed by atoms with Crippen LogP contribution in [0.3, 0.4) is 0 Å². The molecule has 0 bridgehead atoms. The van der Waals surface area contributed by atoms with Gasteiger partial charge in [0.25, 0.3) is 0 Å². The Morgan fingerprint density at radius 1 is 1.06 bits per heavy atom. The van der Waals surface area contributed by atoms with E-state index in [1.165, 1.54) is 5.56 Å². The third-order valence-electron chi connectivity index (χ3n) is 3.31. The van der Waals surface area contributed by atoms with Gasteiger partial charge in [0.2, 0.25) is 0 Å². The van der Waals surface area contributed by atoms with E-state index in [0.29, 0.717) is 3.93 Å². The molecule has 0 aliphatic rings. The number of rotatable bonds is 4. The molecule has 0 spiro atoms. The third kappa shape index (κ3) is 3.99. The van der Waals surface area contributed by atoms with Crippen molar-refractivity contribution in [1.82, 2.24) is 0 Å². The van der Waals surface area contributed by atoms with Crippen LogP contribution in [-0.2, 0) is 0 Å². The van der Waals surface area contributed by atoms with Gasteiger partial charge in [-0.05, 0) is 0 Å². The molecule has 1 rings (SSSR count). The predicted molar refractivity (Wildman–Crippen MR) is 85.0 cm³/mol. The van der Waals surface area contributed by atoms with Crippen molar-refractivity contribution in [2.75, 3.05) is 0 Å². The first kappa shape index (κ1) is 15.0. The molecule has 1 unspecified atom stereocenters. The maximum absolute atomic E-state index is 4.48. The van der Waals surface area contributed by atoms with Gasteiger partial charge in [0, 0.05) is 0 Å². The molecule has 1 aromatic rings. The van der Waals surface area contributed by atoms with E-state index in [9.17, 15) is 0 Å². The Hall–Kier alpha value is -0.0244. The molecule has 0 aromatic heterocycles. The molecule has 17 heavy (non-hydrogen) atoms. The summed E-state index contributed by atoms with van der Waals surface area (Å²) in [6.45, 7) is 11.7. The average Bonchev–Trinajstić information content (AvgIpc) is 2.15. The Bertz CT molecular complexity index is 382. The minimum atomic E-state index is -2.03. The average molecular weight is 353 g/mol. The monoisotopic (exact) mass is 354 g/mol. The first-order valence-corrected chi connectivity index (χ1v) is 20.1. The summed E-state index contributed by atoms with van der Waals surface area (Å²) in [6.07, 6.45) is 0. The predicted octanol–water partition coefficient (Wildman–Crippen LogP) is 5.08. The number of hydrogen-bond donors (Lipinski definition) is 0. The van der Waals surface area contributed by atoms with Gasteiger partial charge in [-0.25, -0.2) is 0 Å². The fraction of sp³-hybridized carbons (Fsp3) is 0.467. The van der Waals surface area contributed by atoms with Crippen LogP contribution in [0.15, 0.2) is 42.1 Å². The van der Waals surface area contributed by atoms with Crippen molar-refractivity contribution in [3.8, 4) is 0 Å². The molecule has 0 aliphatic carbocycles. The summed E-state index contributed by atoms with van der Waals surface area (Å²) in [5.41, 5.74) is 1.50. The summed E-state index contributed by atoms with van der Waals surface area (Å²) in [7, 11) is -1.26. The second-order valence-electron chi connectivity index (χ2n) is 6.98. The summed E-state index contributed by atoms with van der Waals surface area (Å²) in [5.74, 6) is 0. The van der Waals surface area contributed by atoms with E-state index < -0.39 is 26.5 Å². The molecule has 0 fully saturated rings. The van der Waals surface area contributed by atoms with E-state index in [1.807, 2.05) is 0 Å². The molecule has 0 nitrogen and oxygen atoms in total. The summed E-state index contributed by atoms with van der Waals surface area (Å²) in [4.78, 5) is 7.58. The Morgan fingerprint density at radius 2 is 1.53 bits per heavy atom. The van der Waals surface area contributed by atoms with Crippen molar-refractivity contribution >= 4 is 26.5 Å². The molecule has 1 aromatic carbocycles. The van der Waals surface area contributed by atoms with Crippen LogP contribution in [-0.4, -0.2) is 26.5 Å². The van der Waals surface area contributed by atoms with Gasteiger partial charge in [0.1, 0.15) is 0 Å². The van der Waals surface area contributed by atoms with Crippen molar-refractivity contribution in [3.05, 3.63) is 47.7 Å². The number of hydrogen-bond acceptors (Lipinski definition) is 0. The Balaban J connectivity index is 3.20. The summed E-state index contributed by atoms with van der Waals surface area (Å²) < 4.78 is 0.678. The van der Waals surface area contributed by atoms with Crippen LogP contribution < -0.4 is 0 Å². The summed E-state index contributed by atoms with van der Waals surface area (Å²) in [5, 5.41) is 1.55. The number of benzene rings is 1. The van der Waals surface area contributed by atoms with Gasteiger partial charge in [0.05, 0.1) is 0 Å². The molecule has 0 aliphatic heterocycles. The topological polar surface area (TPSA) is 0 Å². The zero-order chi connectivity index (χ0) is 13.3. The molecule has 2 heteroatoms. The minimum absolute atomic E-state index is 0.678. The molecule has 1 atom stereocenters. The van der Waals surface area contributed by atoms with Crippen LogP contribution in [0.4, 0.5) is 0 Å². The van der Waals surface area contributed by atoms with Crippen molar-refractivity contribution in [2.45, 2.75) is 38.4 Å². The van der Waals surface area contributed by atoms with Crippen molar-refractivity contribution in [1.29, 1.82) is 0 Å². The van der Waals surface area contributed by atoms with Gasteiger partial charge in [-0.15, -0.1) is 0 Å². The fourth-order valence-electron chi connectivity index (χ4n) is 2.30. The zero-order valence-electron chi connectivity index (χ0n) is 12.2. The van der Waals surface area contributed by atoms with Crippen LogP contribution in [0.2, 0.25) is 34.5 Å². The van der Waals surface area contributed by atoms with E-state index >= 15 is 0 Å². The van der Waals surface area contributed by atoms with E-state index in [1.54, 1.807) is 5.20 Å². The van der Waals surface area contributed by atoms with E-state index in [-0.39, 0.29) is 0 Å². The first-order chi connectivity index (χ1) is 7.64. The maximum atomic E-state index is 4.48. The summed E-state index contributed by atoms with van der Waals surface area (Å²) >= 11 is -2.03. The van der Waals surface area contributed by atoms with E-state index in [4.69, 9.17) is 0 Å². The summed E-state index contributed by atoms with van der Waals surface area (Å²) in [6, 6.07) is 11.0. The SMILES string of the molecule is C=C([CH](c1ccccc1)[Sn]([CH3])([CH3])[CH3])[Si](C)(C)C. The van der Waals surface area contributed by atoms with Crippen LogP contribution in [0.25, 0.3) is 0 Å². The molecular weight excluding hydrogens is 327 g/mol. The van der Waals surface area contributed by atoms with E-state index in [2.05, 4.69) is 71.4 Å². The quantitative estimate of drug-likeness (QED) is 0.662. The van der Waals surface area contributed by atoms with Gasteiger partial charge < -0.3 is 0 Å². The van der Waals surface area contributed by atoms with Crippen LogP contribution in [0, 0.1) is 0 Å². The Kier molecular flexibility index (Phi) is 4.70. The van der Waals surface area contributed by atoms with Crippen molar-refractivity contribution in [3.63, 3.8) is 0 Å². The van der Waals surface area contributed by atoms with Crippen LogP contribution >= 0.6 is 0 Å². The second kappa shape index (κ2) is 5.31. The molecule has 0 N–H and O–H groups in total. The molecule has 0 heterocycles. The van der Waals surface area contributed by atoms with Crippen LogP contribution in [0.1, 0.15) is 9.50 Å². The molecule has 0 amide bonds. The molecular formula is C15H26SiSn. The fourth-order valence-corrected chi connectivity index (χ4v) is 16.3. The van der Waals surface area contributed by atoms with Crippen LogP contribution in [0.5, 0.6) is 0 Å². The van der Waals surface area contributed by atoms with E-state index in [0.717, 1.165) is 0 Å². The standard InChI is InChI=1S/C12H17Si.3CH3.Sn/c1-11(13(2,3)4)10-12-8-6-5-7-9-12;;;;/h5-10H,1H2,2-4H3;3*1H3;. The first-order valence-electron chi connectivity index (χ1n) is 6.38.